The molecule has 0 saturated heterocycles. The molecule has 3 rings (SSSR count). The van der Waals surface area contributed by atoms with Crippen LogP contribution in [0.4, 0.5) is 42.0 Å². The molecular weight excluding hydrogens is 399 g/mol. The second-order valence-corrected chi connectivity index (χ2v) is 6.46. The van der Waals surface area contributed by atoms with Crippen molar-refractivity contribution in [3.05, 3.63) is 76.0 Å². The van der Waals surface area contributed by atoms with Crippen molar-refractivity contribution >= 4 is 28.8 Å². The van der Waals surface area contributed by atoms with Crippen LogP contribution < -0.4 is 10.6 Å². The molecule has 0 spiro atoms. The van der Waals surface area contributed by atoms with Crippen LogP contribution in [0.15, 0.2) is 54.7 Å². The first-order chi connectivity index (χ1) is 14.3. The van der Waals surface area contributed by atoms with E-state index >= 15 is 0 Å². The number of anilines is 4. The van der Waals surface area contributed by atoms with Crippen molar-refractivity contribution in [1.29, 1.82) is 0 Å². The van der Waals surface area contributed by atoms with E-state index in [0.717, 1.165) is 24.5 Å². The Kier molecular flexibility index (Phi) is 6.14. The fraction of sp³-hybridized carbons (Fsp3) is 0.200. The van der Waals surface area contributed by atoms with Crippen molar-refractivity contribution in [2.24, 2.45) is 0 Å². The standard InChI is InChI=1S/C20H18F3N5O2/c1-2-4-13-7-9-14(10-8-13)26-19-24-12-17(20(21,22)23)18(27-19)25-15-5-3-6-16(11-15)28(29)30/h3,5-12H,2,4H2,1H3,(H2,24,25,26,27). The number of rotatable bonds is 7. The zero-order valence-electron chi connectivity index (χ0n) is 15.9. The lowest BCUT2D eigenvalue weighted by atomic mass is 10.1. The molecule has 0 unspecified atom stereocenters. The number of hydrogen-bond acceptors (Lipinski definition) is 6. The van der Waals surface area contributed by atoms with Crippen molar-refractivity contribution in [2.75, 3.05) is 10.6 Å². The van der Waals surface area contributed by atoms with Crippen LogP contribution in [-0.4, -0.2) is 14.9 Å². The number of nitro groups is 1. The molecule has 10 heteroatoms. The summed E-state index contributed by atoms with van der Waals surface area (Å²) in [4.78, 5) is 18.0. The van der Waals surface area contributed by atoms with E-state index < -0.39 is 22.5 Å². The lowest BCUT2D eigenvalue weighted by Gasteiger charge is -2.15. The van der Waals surface area contributed by atoms with Crippen LogP contribution in [-0.2, 0) is 12.6 Å². The second kappa shape index (κ2) is 8.76. The number of aryl methyl sites for hydroxylation is 1. The fourth-order valence-electron chi connectivity index (χ4n) is 2.75. The van der Waals surface area contributed by atoms with Crippen LogP contribution in [0.5, 0.6) is 0 Å². The van der Waals surface area contributed by atoms with E-state index in [1.54, 1.807) is 12.1 Å². The smallest absolute Gasteiger partial charge is 0.339 e. The SMILES string of the molecule is CCCc1ccc(Nc2ncc(C(F)(F)F)c(Nc3cccc([N+](=O)[O-])c3)n2)cc1. The summed E-state index contributed by atoms with van der Waals surface area (Å²) in [6.07, 6.45) is -2.11. The highest BCUT2D eigenvalue weighted by atomic mass is 19.4. The van der Waals surface area contributed by atoms with Gasteiger partial charge < -0.3 is 10.6 Å². The fourth-order valence-corrected chi connectivity index (χ4v) is 2.75. The summed E-state index contributed by atoms with van der Waals surface area (Å²) in [6, 6.07) is 12.6. The molecule has 0 aliphatic rings. The average Bonchev–Trinajstić information content (AvgIpc) is 2.69. The predicted octanol–water partition coefficient (Wildman–Crippen LogP) is 5.84. The number of hydrogen-bond donors (Lipinski definition) is 2. The molecule has 2 aromatic carbocycles. The van der Waals surface area contributed by atoms with Crippen molar-refractivity contribution in [1.82, 2.24) is 9.97 Å². The Bertz CT molecular complexity index is 1040. The van der Waals surface area contributed by atoms with Crippen LogP contribution in [0.3, 0.4) is 0 Å². The Hall–Kier alpha value is -3.69. The van der Waals surface area contributed by atoms with Gasteiger partial charge in [-0.2, -0.15) is 18.2 Å². The van der Waals surface area contributed by atoms with Gasteiger partial charge in [-0.3, -0.25) is 10.1 Å². The van der Waals surface area contributed by atoms with Crippen molar-refractivity contribution in [2.45, 2.75) is 25.9 Å². The molecule has 30 heavy (non-hydrogen) atoms. The maximum atomic E-state index is 13.4. The Morgan fingerprint density at radius 1 is 1.07 bits per heavy atom. The summed E-state index contributed by atoms with van der Waals surface area (Å²) in [5, 5.41) is 16.3. The van der Waals surface area contributed by atoms with E-state index in [0.29, 0.717) is 11.9 Å². The Morgan fingerprint density at radius 3 is 2.43 bits per heavy atom. The third-order valence-electron chi connectivity index (χ3n) is 4.16. The molecule has 0 saturated carbocycles. The third-order valence-corrected chi connectivity index (χ3v) is 4.16. The van der Waals surface area contributed by atoms with Gasteiger partial charge in [0, 0.05) is 29.7 Å². The number of nitrogens with one attached hydrogen (secondary N) is 2. The Morgan fingerprint density at radius 2 is 1.80 bits per heavy atom. The maximum absolute atomic E-state index is 13.4. The van der Waals surface area contributed by atoms with Gasteiger partial charge >= 0.3 is 6.18 Å². The lowest BCUT2D eigenvalue weighted by molar-refractivity contribution is -0.384. The first kappa shape index (κ1) is 21.0. The largest absolute Gasteiger partial charge is 0.421 e. The minimum absolute atomic E-state index is 0.0424. The number of aromatic nitrogens is 2. The minimum atomic E-state index is -4.70. The zero-order valence-corrected chi connectivity index (χ0v) is 15.9. The molecule has 156 valence electrons. The number of nitro benzene ring substituents is 1. The quantitative estimate of drug-likeness (QED) is 0.370. The van der Waals surface area contributed by atoms with Gasteiger partial charge in [-0.15, -0.1) is 0 Å². The first-order valence-corrected chi connectivity index (χ1v) is 9.08. The number of alkyl halides is 3. The van der Waals surface area contributed by atoms with Crippen LogP contribution in [0.1, 0.15) is 24.5 Å². The van der Waals surface area contributed by atoms with Gasteiger partial charge in [0.05, 0.1) is 4.92 Å². The van der Waals surface area contributed by atoms with E-state index in [1.165, 1.54) is 18.2 Å². The minimum Gasteiger partial charge on any atom is -0.339 e. The topological polar surface area (TPSA) is 93.0 Å². The van der Waals surface area contributed by atoms with E-state index in [4.69, 9.17) is 0 Å². The van der Waals surface area contributed by atoms with Crippen molar-refractivity contribution in [3.8, 4) is 0 Å². The molecule has 1 heterocycles. The van der Waals surface area contributed by atoms with Crippen LogP contribution in [0.25, 0.3) is 0 Å². The van der Waals surface area contributed by atoms with Crippen LogP contribution >= 0.6 is 0 Å². The maximum Gasteiger partial charge on any atom is 0.421 e. The predicted molar refractivity (Wildman–Crippen MR) is 107 cm³/mol. The van der Waals surface area contributed by atoms with Gasteiger partial charge in [0.25, 0.3) is 5.69 Å². The van der Waals surface area contributed by atoms with Crippen LogP contribution in [0.2, 0.25) is 0 Å². The van der Waals surface area contributed by atoms with E-state index in [2.05, 4.69) is 27.5 Å². The molecule has 7 nitrogen and oxygen atoms in total. The molecule has 0 aliphatic carbocycles. The third kappa shape index (κ3) is 5.22. The molecule has 0 fully saturated rings. The molecular formula is C20H18F3N5O2. The summed E-state index contributed by atoms with van der Waals surface area (Å²) in [6.45, 7) is 2.07. The molecule has 0 bridgehead atoms. The number of non-ortho nitro benzene ring substituents is 1. The zero-order chi connectivity index (χ0) is 21.7. The van der Waals surface area contributed by atoms with Gasteiger partial charge in [-0.25, -0.2) is 4.98 Å². The number of benzene rings is 2. The molecule has 0 radical (unpaired) electrons. The lowest BCUT2D eigenvalue weighted by Crippen LogP contribution is -2.12. The molecule has 2 N–H and O–H groups in total. The molecule has 3 aromatic rings. The first-order valence-electron chi connectivity index (χ1n) is 9.08. The summed E-state index contributed by atoms with van der Waals surface area (Å²) in [5.74, 6) is -0.553. The Labute approximate surface area is 170 Å². The monoisotopic (exact) mass is 417 g/mol. The number of nitrogens with zero attached hydrogens (tertiary/aromatic N) is 3. The van der Waals surface area contributed by atoms with Crippen molar-refractivity contribution < 1.29 is 18.1 Å². The highest BCUT2D eigenvalue weighted by Crippen LogP contribution is 2.35. The molecule has 0 atom stereocenters. The summed E-state index contributed by atoms with van der Waals surface area (Å²) < 4.78 is 40.2. The highest BCUT2D eigenvalue weighted by Gasteiger charge is 2.35. The van der Waals surface area contributed by atoms with Gasteiger partial charge in [0.2, 0.25) is 5.95 Å². The highest BCUT2D eigenvalue weighted by molar-refractivity contribution is 5.64. The van der Waals surface area contributed by atoms with Crippen molar-refractivity contribution in [3.63, 3.8) is 0 Å². The average molecular weight is 417 g/mol. The van der Waals surface area contributed by atoms with Gasteiger partial charge in [0.15, 0.2) is 0 Å². The van der Waals surface area contributed by atoms with Gasteiger partial charge in [-0.1, -0.05) is 31.5 Å². The summed E-state index contributed by atoms with van der Waals surface area (Å²) in [7, 11) is 0. The van der Waals surface area contributed by atoms with E-state index in [1.807, 2.05) is 12.1 Å². The molecule has 0 aliphatic heterocycles. The molecule has 1 aromatic heterocycles. The number of halogens is 3. The second-order valence-electron chi connectivity index (χ2n) is 6.46. The van der Waals surface area contributed by atoms with Crippen LogP contribution in [0, 0.1) is 10.1 Å². The summed E-state index contributed by atoms with van der Waals surface area (Å²) >= 11 is 0. The normalized spacial score (nSPS) is 11.2. The Balaban J connectivity index is 1.90. The summed E-state index contributed by atoms with van der Waals surface area (Å²) in [5.41, 5.74) is 0.523. The van der Waals surface area contributed by atoms with Gasteiger partial charge in [0.1, 0.15) is 11.4 Å². The molecule has 0 amide bonds. The van der Waals surface area contributed by atoms with E-state index in [9.17, 15) is 23.3 Å². The van der Waals surface area contributed by atoms with E-state index in [-0.39, 0.29) is 17.3 Å². The van der Waals surface area contributed by atoms with Gasteiger partial charge in [-0.05, 0) is 30.2 Å².